The van der Waals surface area contributed by atoms with Gasteiger partial charge in [0.2, 0.25) is 5.95 Å². The molecule has 0 aliphatic carbocycles. The van der Waals surface area contributed by atoms with Crippen LogP contribution in [0.2, 0.25) is 0 Å². The van der Waals surface area contributed by atoms with E-state index in [-0.39, 0.29) is 0 Å². The van der Waals surface area contributed by atoms with Gasteiger partial charge in [0, 0.05) is 11.0 Å². The molecule has 2 rings (SSSR count). The molecule has 2 N–H and O–H groups in total. The van der Waals surface area contributed by atoms with E-state index in [9.17, 15) is 0 Å². The number of anilines is 1. The van der Waals surface area contributed by atoms with E-state index in [0.717, 1.165) is 28.2 Å². The second-order valence-corrected chi connectivity index (χ2v) is 5.91. The van der Waals surface area contributed by atoms with Crippen LogP contribution >= 0.6 is 15.9 Å². The Hall–Kier alpha value is -1.29. The minimum atomic E-state index is 0.860. The van der Waals surface area contributed by atoms with E-state index in [1.165, 1.54) is 32.1 Å². The third-order valence-electron chi connectivity index (χ3n) is 3.30. The molecule has 20 heavy (non-hydrogen) atoms. The first kappa shape index (κ1) is 15.1. The van der Waals surface area contributed by atoms with Crippen molar-refractivity contribution >= 4 is 21.9 Å². The Kier molecular flexibility index (Phi) is 6.12. The molecule has 0 aliphatic heterocycles. The lowest BCUT2D eigenvalue weighted by atomic mass is 10.1. The minimum Gasteiger partial charge on any atom is -0.356 e. The molecule has 0 atom stereocenters. The monoisotopic (exact) mass is 335 g/mol. The highest BCUT2D eigenvalue weighted by atomic mass is 79.9. The molecule has 0 amide bonds. The molecule has 2 aromatic rings. The number of aromatic nitrogens is 2. The number of hydrogen-bond acceptors (Lipinski definition) is 2. The van der Waals surface area contributed by atoms with Gasteiger partial charge in [0.25, 0.3) is 0 Å². The second-order valence-electron chi connectivity index (χ2n) is 4.99. The average molecular weight is 336 g/mol. The van der Waals surface area contributed by atoms with Crippen LogP contribution in [0.5, 0.6) is 0 Å². The maximum Gasteiger partial charge on any atom is 0.200 e. The lowest BCUT2D eigenvalue weighted by molar-refractivity contribution is 0.644. The molecule has 0 fully saturated rings. The summed E-state index contributed by atoms with van der Waals surface area (Å²) in [6.07, 6.45) is 8.34. The third kappa shape index (κ3) is 4.67. The van der Waals surface area contributed by atoms with E-state index < -0.39 is 0 Å². The fourth-order valence-electron chi connectivity index (χ4n) is 2.12. The number of benzene rings is 1. The summed E-state index contributed by atoms with van der Waals surface area (Å²) in [5.74, 6) is 0.860. The van der Waals surface area contributed by atoms with Gasteiger partial charge in [-0.3, -0.25) is 0 Å². The number of unbranched alkanes of at least 4 members (excludes halogenated alkanes) is 4. The van der Waals surface area contributed by atoms with Crippen LogP contribution in [-0.2, 0) is 0 Å². The van der Waals surface area contributed by atoms with Crippen molar-refractivity contribution in [1.82, 2.24) is 9.97 Å². The Bertz CT molecular complexity index is 505. The Balaban J connectivity index is 1.79. The molecule has 0 radical (unpaired) electrons. The number of hydrogen-bond donors (Lipinski definition) is 2. The second kappa shape index (κ2) is 8.10. The zero-order valence-corrected chi connectivity index (χ0v) is 13.5. The van der Waals surface area contributed by atoms with Crippen molar-refractivity contribution in [2.45, 2.75) is 39.0 Å². The van der Waals surface area contributed by atoms with Crippen molar-refractivity contribution in [3.8, 4) is 11.3 Å². The van der Waals surface area contributed by atoms with Crippen molar-refractivity contribution in [3.05, 3.63) is 34.9 Å². The SMILES string of the molecule is CCCCCCCNc1ncc(-c2ccc(Br)cc2)[nH]1. The van der Waals surface area contributed by atoms with E-state index in [1.54, 1.807) is 0 Å². The normalized spacial score (nSPS) is 10.7. The van der Waals surface area contributed by atoms with Gasteiger partial charge in [-0.25, -0.2) is 4.98 Å². The zero-order chi connectivity index (χ0) is 14.2. The molecule has 0 saturated heterocycles. The maximum absolute atomic E-state index is 4.37. The number of imidazole rings is 1. The minimum absolute atomic E-state index is 0.860. The van der Waals surface area contributed by atoms with E-state index in [4.69, 9.17) is 0 Å². The standard InChI is InChI=1S/C16H22BrN3/c1-2-3-4-5-6-11-18-16-19-12-15(20-16)13-7-9-14(17)10-8-13/h7-10,12H,2-6,11H2,1H3,(H2,18,19,20). The van der Waals surface area contributed by atoms with Gasteiger partial charge in [-0.05, 0) is 24.1 Å². The number of H-pyrrole nitrogens is 1. The van der Waals surface area contributed by atoms with Crippen molar-refractivity contribution < 1.29 is 0 Å². The molecule has 0 bridgehead atoms. The van der Waals surface area contributed by atoms with Crippen LogP contribution in [0, 0.1) is 0 Å². The first-order chi connectivity index (χ1) is 9.79. The largest absolute Gasteiger partial charge is 0.356 e. The van der Waals surface area contributed by atoms with Gasteiger partial charge in [-0.15, -0.1) is 0 Å². The molecule has 0 spiro atoms. The van der Waals surface area contributed by atoms with Gasteiger partial charge < -0.3 is 10.3 Å². The van der Waals surface area contributed by atoms with Gasteiger partial charge in [0.1, 0.15) is 0 Å². The molecular formula is C16H22BrN3. The predicted molar refractivity (Wildman–Crippen MR) is 89.0 cm³/mol. The maximum atomic E-state index is 4.37. The van der Waals surface area contributed by atoms with Crippen LogP contribution < -0.4 is 5.32 Å². The lowest BCUT2D eigenvalue weighted by Gasteiger charge is -2.02. The van der Waals surface area contributed by atoms with Crippen molar-refractivity contribution in [1.29, 1.82) is 0 Å². The molecule has 0 saturated carbocycles. The summed E-state index contributed by atoms with van der Waals surface area (Å²) in [5.41, 5.74) is 2.20. The van der Waals surface area contributed by atoms with Crippen LogP contribution in [0.15, 0.2) is 34.9 Å². The number of nitrogens with one attached hydrogen (secondary N) is 2. The molecule has 108 valence electrons. The van der Waals surface area contributed by atoms with E-state index >= 15 is 0 Å². The molecule has 1 aromatic heterocycles. The highest BCUT2D eigenvalue weighted by Gasteiger charge is 2.02. The topological polar surface area (TPSA) is 40.7 Å². The predicted octanol–water partition coefficient (Wildman–Crippen LogP) is 5.22. The molecule has 1 heterocycles. The van der Waals surface area contributed by atoms with Crippen LogP contribution in [0.4, 0.5) is 5.95 Å². The summed E-state index contributed by atoms with van der Waals surface area (Å²) in [5, 5.41) is 3.35. The van der Waals surface area contributed by atoms with Crippen LogP contribution in [-0.4, -0.2) is 16.5 Å². The van der Waals surface area contributed by atoms with Crippen LogP contribution in [0.1, 0.15) is 39.0 Å². The first-order valence-corrected chi connectivity index (χ1v) is 8.13. The fraction of sp³-hybridized carbons (Fsp3) is 0.438. The van der Waals surface area contributed by atoms with E-state index in [2.05, 4.69) is 50.3 Å². The molecule has 3 nitrogen and oxygen atoms in total. The van der Waals surface area contributed by atoms with Gasteiger partial charge in [-0.1, -0.05) is 60.7 Å². The van der Waals surface area contributed by atoms with Gasteiger partial charge in [0.05, 0.1) is 11.9 Å². The van der Waals surface area contributed by atoms with Crippen molar-refractivity contribution in [3.63, 3.8) is 0 Å². The van der Waals surface area contributed by atoms with Gasteiger partial charge in [0.15, 0.2) is 0 Å². The number of aromatic amines is 1. The Morgan fingerprint density at radius 1 is 1.10 bits per heavy atom. The number of rotatable bonds is 8. The third-order valence-corrected chi connectivity index (χ3v) is 3.83. The Labute approximate surface area is 129 Å². The lowest BCUT2D eigenvalue weighted by Crippen LogP contribution is -2.02. The Morgan fingerprint density at radius 3 is 2.60 bits per heavy atom. The molecule has 0 unspecified atom stereocenters. The fourth-order valence-corrected chi connectivity index (χ4v) is 2.39. The highest BCUT2D eigenvalue weighted by molar-refractivity contribution is 9.10. The zero-order valence-electron chi connectivity index (χ0n) is 12.0. The van der Waals surface area contributed by atoms with Crippen molar-refractivity contribution in [2.24, 2.45) is 0 Å². The summed E-state index contributed by atoms with van der Waals surface area (Å²) in [6.45, 7) is 3.22. The summed E-state index contributed by atoms with van der Waals surface area (Å²) < 4.78 is 1.09. The molecule has 4 heteroatoms. The van der Waals surface area contributed by atoms with E-state index in [0.29, 0.717) is 0 Å². The van der Waals surface area contributed by atoms with Crippen LogP contribution in [0.25, 0.3) is 11.3 Å². The smallest absolute Gasteiger partial charge is 0.200 e. The molecule has 1 aromatic carbocycles. The van der Waals surface area contributed by atoms with Crippen molar-refractivity contribution in [2.75, 3.05) is 11.9 Å². The highest BCUT2D eigenvalue weighted by Crippen LogP contribution is 2.21. The van der Waals surface area contributed by atoms with E-state index in [1.807, 2.05) is 18.3 Å². The number of nitrogens with zero attached hydrogens (tertiary/aromatic N) is 1. The summed E-state index contributed by atoms with van der Waals surface area (Å²) in [4.78, 5) is 7.68. The summed E-state index contributed by atoms with van der Waals surface area (Å²) in [7, 11) is 0. The van der Waals surface area contributed by atoms with Crippen LogP contribution in [0.3, 0.4) is 0 Å². The number of halogens is 1. The summed E-state index contributed by atoms with van der Waals surface area (Å²) >= 11 is 3.44. The quantitative estimate of drug-likeness (QED) is 0.649. The van der Waals surface area contributed by atoms with Gasteiger partial charge in [-0.2, -0.15) is 0 Å². The average Bonchev–Trinajstić information content (AvgIpc) is 2.92. The van der Waals surface area contributed by atoms with Gasteiger partial charge >= 0.3 is 0 Å². The summed E-state index contributed by atoms with van der Waals surface area (Å²) in [6, 6.07) is 8.23. The Morgan fingerprint density at radius 2 is 1.85 bits per heavy atom. The molecule has 0 aliphatic rings. The molecular weight excluding hydrogens is 314 g/mol. The first-order valence-electron chi connectivity index (χ1n) is 7.34.